The Hall–Kier alpha value is -0.690. The summed E-state index contributed by atoms with van der Waals surface area (Å²) in [5.74, 6) is 2.79. The molecular formula is C13H10BrIN2O. The fourth-order valence-corrected chi connectivity index (χ4v) is 2.53. The molecule has 0 amide bonds. The van der Waals surface area contributed by atoms with Gasteiger partial charge in [0.05, 0.1) is 0 Å². The summed E-state index contributed by atoms with van der Waals surface area (Å²) in [5, 5.41) is 0. The first-order valence-electron chi connectivity index (χ1n) is 5.68. The van der Waals surface area contributed by atoms with Crippen molar-refractivity contribution in [3.63, 3.8) is 0 Å². The van der Waals surface area contributed by atoms with E-state index < -0.39 is 0 Å². The molecule has 0 radical (unpaired) electrons. The number of hydrogen-bond donors (Lipinski definition) is 0. The van der Waals surface area contributed by atoms with Crippen molar-refractivity contribution in [1.29, 1.82) is 0 Å². The number of benzene rings is 1. The van der Waals surface area contributed by atoms with Crippen LogP contribution < -0.4 is 4.74 Å². The number of ether oxygens (including phenoxy) is 1. The molecule has 0 atom stereocenters. The molecule has 3 nitrogen and oxygen atoms in total. The zero-order valence-electron chi connectivity index (χ0n) is 9.44. The number of aromatic nitrogens is 2. The lowest BCUT2D eigenvalue weighted by atomic mass is 10.3. The molecule has 5 heteroatoms. The first-order chi connectivity index (χ1) is 8.70. The predicted octanol–water partition coefficient (Wildman–Crippen LogP) is 4.51. The Bertz CT molecular complexity index is 587. The van der Waals surface area contributed by atoms with Crippen LogP contribution in [0.4, 0.5) is 0 Å². The van der Waals surface area contributed by atoms with Gasteiger partial charge in [-0.15, -0.1) is 0 Å². The molecule has 3 rings (SSSR count). The Morgan fingerprint density at radius 3 is 2.78 bits per heavy atom. The van der Waals surface area contributed by atoms with Gasteiger partial charge in [0.25, 0.3) is 0 Å². The summed E-state index contributed by atoms with van der Waals surface area (Å²) in [6.07, 6.45) is 2.36. The highest BCUT2D eigenvalue weighted by Crippen LogP contribution is 2.39. The van der Waals surface area contributed by atoms with Crippen molar-refractivity contribution in [3.8, 4) is 11.6 Å². The third-order valence-corrected chi connectivity index (χ3v) is 3.73. The number of hydrogen-bond acceptors (Lipinski definition) is 3. The summed E-state index contributed by atoms with van der Waals surface area (Å²) in [5.41, 5.74) is 0. The smallest absolute Gasteiger partial charge is 0.223 e. The van der Waals surface area contributed by atoms with Gasteiger partial charge in [-0.1, -0.05) is 6.07 Å². The fourth-order valence-electron chi connectivity index (χ4n) is 1.64. The molecule has 18 heavy (non-hydrogen) atoms. The lowest BCUT2D eigenvalue weighted by molar-refractivity contribution is 0.457. The summed E-state index contributed by atoms with van der Waals surface area (Å²) in [6.45, 7) is 0. The molecule has 0 spiro atoms. The number of nitrogens with zero attached hydrogens (tertiary/aromatic N) is 2. The largest absolute Gasteiger partial charge is 0.439 e. The van der Waals surface area contributed by atoms with Crippen molar-refractivity contribution >= 4 is 38.5 Å². The predicted molar refractivity (Wildman–Crippen MR) is 80.9 cm³/mol. The lowest BCUT2D eigenvalue weighted by Gasteiger charge is -2.07. The fraction of sp³-hybridized carbons (Fsp3) is 0.231. The summed E-state index contributed by atoms with van der Waals surface area (Å²) in [6, 6.07) is 9.70. The van der Waals surface area contributed by atoms with Gasteiger partial charge in [-0.05, 0) is 69.6 Å². The van der Waals surface area contributed by atoms with Crippen LogP contribution in [0.3, 0.4) is 0 Å². The minimum atomic E-state index is 0.515. The second kappa shape index (κ2) is 5.13. The van der Waals surface area contributed by atoms with Crippen molar-refractivity contribution in [3.05, 3.63) is 44.3 Å². The Kier molecular flexibility index (Phi) is 3.52. The van der Waals surface area contributed by atoms with Crippen LogP contribution in [0.5, 0.6) is 11.6 Å². The molecule has 0 saturated heterocycles. The molecule has 0 N–H and O–H groups in total. The zero-order chi connectivity index (χ0) is 12.5. The number of halogens is 2. The van der Waals surface area contributed by atoms with Crippen LogP contribution >= 0.6 is 38.5 Å². The summed E-state index contributed by atoms with van der Waals surface area (Å²) in [7, 11) is 0. The van der Waals surface area contributed by atoms with E-state index in [0.29, 0.717) is 11.8 Å². The Balaban J connectivity index is 1.87. The summed E-state index contributed by atoms with van der Waals surface area (Å²) < 4.78 is 7.69. The summed E-state index contributed by atoms with van der Waals surface area (Å²) in [4.78, 5) is 8.83. The van der Waals surface area contributed by atoms with Crippen LogP contribution in [-0.4, -0.2) is 9.97 Å². The SMILES string of the molecule is Brc1cc(Oc2cccc(I)c2)nc(C2CC2)n1. The van der Waals surface area contributed by atoms with E-state index in [9.17, 15) is 0 Å². The van der Waals surface area contributed by atoms with Gasteiger partial charge >= 0.3 is 0 Å². The average molecular weight is 417 g/mol. The van der Waals surface area contributed by atoms with Gasteiger partial charge in [-0.3, -0.25) is 0 Å². The minimum Gasteiger partial charge on any atom is -0.439 e. The third-order valence-electron chi connectivity index (χ3n) is 2.65. The van der Waals surface area contributed by atoms with Crippen LogP contribution in [0, 0.1) is 3.57 Å². The topological polar surface area (TPSA) is 35.0 Å². The van der Waals surface area contributed by atoms with E-state index in [-0.39, 0.29) is 0 Å². The van der Waals surface area contributed by atoms with E-state index in [4.69, 9.17) is 4.74 Å². The van der Waals surface area contributed by atoms with Gasteiger partial charge in [-0.25, -0.2) is 4.98 Å². The molecule has 1 aromatic carbocycles. The lowest BCUT2D eigenvalue weighted by Crippen LogP contribution is -1.96. The van der Waals surface area contributed by atoms with Crippen LogP contribution in [0.2, 0.25) is 0 Å². The molecule has 0 unspecified atom stereocenters. The molecule has 1 saturated carbocycles. The van der Waals surface area contributed by atoms with Crippen LogP contribution in [0.15, 0.2) is 34.9 Å². The molecule has 1 heterocycles. The van der Waals surface area contributed by atoms with Crippen LogP contribution in [0.25, 0.3) is 0 Å². The van der Waals surface area contributed by atoms with Gasteiger partial charge in [0, 0.05) is 15.6 Å². The van der Waals surface area contributed by atoms with Crippen LogP contribution in [-0.2, 0) is 0 Å². The third kappa shape index (κ3) is 3.00. The van der Waals surface area contributed by atoms with Crippen molar-refractivity contribution < 1.29 is 4.74 Å². The maximum atomic E-state index is 5.77. The van der Waals surface area contributed by atoms with Gasteiger partial charge in [0.1, 0.15) is 16.2 Å². The highest BCUT2D eigenvalue weighted by atomic mass is 127. The quantitative estimate of drug-likeness (QED) is 0.545. The van der Waals surface area contributed by atoms with E-state index in [0.717, 1.165) is 19.7 Å². The molecule has 1 aliphatic rings. The Morgan fingerprint density at radius 1 is 1.22 bits per heavy atom. The van der Waals surface area contributed by atoms with E-state index >= 15 is 0 Å². The first-order valence-corrected chi connectivity index (χ1v) is 7.56. The second-order valence-electron chi connectivity index (χ2n) is 4.22. The van der Waals surface area contributed by atoms with Crippen LogP contribution in [0.1, 0.15) is 24.6 Å². The molecule has 1 aliphatic carbocycles. The second-order valence-corrected chi connectivity index (χ2v) is 6.28. The minimum absolute atomic E-state index is 0.515. The Labute approximate surface area is 127 Å². The van der Waals surface area contributed by atoms with Crippen molar-refractivity contribution in [2.24, 2.45) is 0 Å². The molecule has 2 aromatic rings. The van der Waals surface area contributed by atoms with E-state index in [1.807, 2.05) is 24.3 Å². The molecule has 1 aromatic heterocycles. The maximum absolute atomic E-state index is 5.77. The normalized spacial score (nSPS) is 14.6. The van der Waals surface area contributed by atoms with Crippen molar-refractivity contribution in [1.82, 2.24) is 9.97 Å². The molecule has 1 fully saturated rings. The van der Waals surface area contributed by atoms with Gasteiger partial charge in [-0.2, -0.15) is 4.98 Å². The molecule has 0 bridgehead atoms. The van der Waals surface area contributed by atoms with E-state index in [1.54, 1.807) is 6.07 Å². The van der Waals surface area contributed by atoms with Crippen molar-refractivity contribution in [2.45, 2.75) is 18.8 Å². The monoisotopic (exact) mass is 416 g/mol. The van der Waals surface area contributed by atoms with E-state index in [1.165, 1.54) is 12.8 Å². The molecule has 92 valence electrons. The standard InChI is InChI=1S/C13H10BrIN2O/c14-11-7-12(17-13(16-11)8-4-5-8)18-10-3-1-2-9(15)6-10/h1-3,6-8H,4-5H2. The number of rotatable bonds is 3. The average Bonchev–Trinajstić information content (AvgIpc) is 3.11. The zero-order valence-corrected chi connectivity index (χ0v) is 13.2. The Morgan fingerprint density at radius 2 is 2.06 bits per heavy atom. The van der Waals surface area contributed by atoms with Crippen molar-refractivity contribution in [2.75, 3.05) is 0 Å². The first kappa shape index (κ1) is 12.3. The highest BCUT2D eigenvalue weighted by Gasteiger charge is 2.27. The van der Waals surface area contributed by atoms with Gasteiger partial charge in [0.15, 0.2) is 0 Å². The highest BCUT2D eigenvalue weighted by molar-refractivity contribution is 14.1. The molecular weight excluding hydrogens is 407 g/mol. The maximum Gasteiger partial charge on any atom is 0.223 e. The molecule has 0 aliphatic heterocycles. The van der Waals surface area contributed by atoms with Gasteiger partial charge in [0.2, 0.25) is 5.88 Å². The summed E-state index contributed by atoms with van der Waals surface area (Å²) >= 11 is 5.66. The van der Waals surface area contributed by atoms with Gasteiger partial charge < -0.3 is 4.74 Å². The van der Waals surface area contributed by atoms with E-state index in [2.05, 4.69) is 48.5 Å².